The van der Waals surface area contributed by atoms with E-state index >= 15 is 0 Å². The van der Waals surface area contributed by atoms with Gasteiger partial charge < -0.3 is 0 Å². The summed E-state index contributed by atoms with van der Waals surface area (Å²) >= 11 is 0. The Morgan fingerprint density at radius 2 is 1.24 bits per heavy atom. The molecule has 0 heterocycles. The Kier molecular flexibility index (Phi) is 4.23. The Hall–Kier alpha value is -2.67. The molecule has 0 spiro atoms. The van der Waals surface area contributed by atoms with Crippen LogP contribution in [0.1, 0.15) is 39.5 Å². The molecule has 0 amide bonds. The lowest BCUT2D eigenvalue weighted by atomic mass is 9.90. The van der Waals surface area contributed by atoms with Gasteiger partial charge in [-0.2, -0.15) is 0 Å². The van der Waals surface area contributed by atoms with Crippen LogP contribution in [0.2, 0.25) is 0 Å². The number of hydrogen-bond donors (Lipinski definition) is 0. The molecule has 1 nitrogen and oxygen atoms in total. The lowest BCUT2D eigenvalue weighted by Gasteiger charge is -2.15. The van der Waals surface area contributed by atoms with Crippen LogP contribution in [0.5, 0.6) is 0 Å². The minimum Gasteiger partial charge on any atom is -0.295 e. The second-order valence-electron chi connectivity index (χ2n) is 6.94. The Labute approximate surface area is 149 Å². The van der Waals surface area contributed by atoms with Gasteiger partial charge in [-0.25, -0.2) is 0 Å². The first-order valence-electron chi connectivity index (χ1n) is 9.00. The van der Waals surface area contributed by atoms with Gasteiger partial charge in [-0.15, -0.1) is 0 Å². The molecule has 4 aliphatic rings. The number of ketones is 1. The zero-order valence-corrected chi connectivity index (χ0v) is 14.6. The summed E-state index contributed by atoms with van der Waals surface area (Å²) in [6, 6.07) is 24.0. The van der Waals surface area contributed by atoms with Crippen LogP contribution < -0.4 is 0 Å². The van der Waals surface area contributed by atoms with Crippen molar-refractivity contribution in [2.24, 2.45) is 0 Å². The Balaban J connectivity index is 1.74. The number of hydrogen-bond acceptors (Lipinski definition) is 1. The van der Waals surface area contributed by atoms with Crippen molar-refractivity contribution >= 4 is 5.78 Å². The average Bonchev–Trinajstić information content (AvgIpc) is 2.64. The van der Waals surface area contributed by atoms with Gasteiger partial charge in [0.15, 0.2) is 5.78 Å². The molecule has 7 rings (SSSR count). The first-order chi connectivity index (χ1) is 12.2. The van der Waals surface area contributed by atoms with Crippen molar-refractivity contribution < 1.29 is 4.79 Å². The summed E-state index contributed by atoms with van der Waals surface area (Å²) in [6.45, 7) is 1.62. The summed E-state index contributed by atoms with van der Waals surface area (Å²) in [5.74, 6) is 0.116. The van der Waals surface area contributed by atoms with Gasteiger partial charge in [-0.1, -0.05) is 66.7 Å². The second kappa shape index (κ2) is 6.68. The molecular weight excluding hydrogens is 304 g/mol. The maximum Gasteiger partial charge on any atom is 0.159 e. The van der Waals surface area contributed by atoms with E-state index in [2.05, 4.69) is 54.6 Å². The van der Waals surface area contributed by atoms with Crippen molar-refractivity contribution in [3.05, 3.63) is 94.5 Å². The number of rotatable bonds is 2. The van der Waals surface area contributed by atoms with Gasteiger partial charge in [-0.05, 0) is 66.0 Å². The van der Waals surface area contributed by atoms with E-state index in [1.165, 1.54) is 33.4 Å². The normalized spacial score (nSPS) is 13.3. The molecule has 0 atom stereocenters. The van der Waals surface area contributed by atoms with Gasteiger partial charge in [0.05, 0.1) is 0 Å². The van der Waals surface area contributed by atoms with Crippen molar-refractivity contribution in [2.75, 3.05) is 0 Å². The molecule has 3 aromatic rings. The molecule has 1 heteroatoms. The van der Waals surface area contributed by atoms with Crippen molar-refractivity contribution in [1.29, 1.82) is 0 Å². The van der Waals surface area contributed by atoms with Gasteiger partial charge in [0.25, 0.3) is 0 Å². The Morgan fingerprint density at radius 1 is 0.680 bits per heavy atom. The number of aryl methyl sites for hydroxylation is 4. The third-order valence-corrected chi connectivity index (χ3v) is 5.19. The first kappa shape index (κ1) is 15.8. The predicted molar refractivity (Wildman–Crippen MR) is 103 cm³/mol. The van der Waals surface area contributed by atoms with Crippen molar-refractivity contribution in [3.63, 3.8) is 0 Å². The fraction of sp³-hybridized carbons (Fsp3) is 0.208. The minimum atomic E-state index is 0.116. The van der Waals surface area contributed by atoms with Crippen LogP contribution >= 0.6 is 0 Å². The third kappa shape index (κ3) is 3.41. The maximum absolute atomic E-state index is 11.5. The van der Waals surface area contributed by atoms with Crippen molar-refractivity contribution in [1.82, 2.24) is 0 Å². The number of carbonyl (C=O) groups is 1. The predicted octanol–water partition coefficient (Wildman–Crippen LogP) is 5.44. The van der Waals surface area contributed by atoms with E-state index in [1.807, 2.05) is 12.1 Å². The molecule has 0 radical (unpaired) electrons. The summed E-state index contributed by atoms with van der Waals surface area (Å²) in [7, 11) is 0. The SMILES string of the molecule is CC(=O)c1ccc(-c2cc3ccc2CCc2ccc(cc2)CC3)cc1. The van der Waals surface area contributed by atoms with E-state index in [0.717, 1.165) is 31.2 Å². The van der Waals surface area contributed by atoms with Gasteiger partial charge in [0.1, 0.15) is 0 Å². The van der Waals surface area contributed by atoms with Crippen molar-refractivity contribution in [3.8, 4) is 11.1 Å². The van der Waals surface area contributed by atoms with E-state index < -0.39 is 0 Å². The quantitative estimate of drug-likeness (QED) is 0.573. The van der Waals surface area contributed by atoms with Crippen LogP contribution in [-0.4, -0.2) is 5.78 Å². The van der Waals surface area contributed by atoms with Gasteiger partial charge in [-0.3, -0.25) is 4.79 Å². The smallest absolute Gasteiger partial charge is 0.159 e. The first-order valence-corrected chi connectivity index (χ1v) is 9.00. The van der Waals surface area contributed by atoms with E-state index in [9.17, 15) is 4.79 Å². The molecule has 0 aromatic heterocycles. The highest BCUT2D eigenvalue weighted by Crippen LogP contribution is 2.28. The number of benzene rings is 3. The van der Waals surface area contributed by atoms with Crippen LogP contribution in [0.4, 0.5) is 0 Å². The molecular formula is C24H22O. The minimum absolute atomic E-state index is 0.116. The number of Topliss-reactive ketones (excluding diaryl/α,β-unsaturated/α-hetero) is 1. The fourth-order valence-corrected chi connectivity index (χ4v) is 3.59. The molecule has 0 saturated heterocycles. The van der Waals surface area contributed by atoms with Gasteiger partial charge >= 0.3 is 0 Å². The molecule has 0 N–H and O–H groups in total. The summed E-state index contributed by atoms with van der Waals surface area (Å²) < 4.78 is 0. The fourth-order valence-electron chi connectivity index (χ4n) is 3.59. The molecule has 124 valence electrons. The summed E-state index contributed by atoms with van der Waals surface area (Å²) in [6.07, 6.45) is 4.21. The highest BCUT2D eigenvalue weighted by Gasteiger charge is 2.10. The summed E-state index contributed by atoms with van der Waals surface area (Å²) in [5, 5.41) is 0. The van der Waals surface area contributed by atoms with Crippen molar-refractivity contribution in [2.45, 2.75) is 32.6 Å². The standard InChI is InChI=1S/C24H22O/c1-17(25)21-12-14-23(15-13-21)24-16-20-7-6-18-2-4-19(5-3-18)8-10-22(24)11-9-20/h2-5,9,11-16H,6-8,10H2,1H3. The van der Waals surface area contributed by atoms with E-state index in [4.69, 9.17) is 0 Å². The lowest BCUT2D eigenvalue weighted by molar-refractivity contribution is 0.101. The molecule has 0 saturated carbocycles. The summed E-state index contributed by atoms with van der Waals surface area (Å²) in [5.41, 5.74) is 8.83. The van der Waals surface area contributed by atoms with Gasteiger partial charge in [0.2, 0.25) is 0 Å². The average molecular weight is 326 g/mol. The largest absolute Gasteiger partial charge is 0.295 e. The van der Waals surface area contributed by atoms with E-state index in [1.54, 1.807) is 6.92 Å². The highest BCUT2D eigenvalue weighted by atomic mass is 16.1. The molecule has 4 bridgehead atoms. The van der Waals surface area contributed by atoms with Crippen LogP contribution in [0.3, 0.4) is 0 Å². The van der Waals surface area contributed by atoms with Crippen LogP contribution in [-0.2, 0) is 25.7 Å². The van der Waals surface area contributed by atoms with E-state index in [0.29, 0.717) is 0 Å². The van der Waals surface area contributed by atoms with E-state index in [-0.39, 0.29) is 5.78 Å². The molecule has 3 aromatic carbocycles. The Morgan fingerprint density at radius 3 is 1.88 bits per heavy atom. The monoisotopic (exact) mass is 326 g/mol. The summed E-state index contributed by atoms with van der Waals surface area (Å²) in [4.78, 5) is 11.5. The molecule has 25 heavy (non-hydrogen) atoms. The molecule has 0 aliphatic heterocycles. The van der Waals surface area contributed by atoms with Crippen LogP contribution in [0.15, 0.2) is 66.7 Å². The van der Waals surface area contributed by atoms with Crippen LogP contribution in [0, 0.1) is 0 Å². The highest BCUT2D eigenvalue weighted by molar-refractivity contribution is 5.94. The second-order valence-corrected chi connectivity index (χ2v) is 6.94. The molecule has 4 aliphatic carbocycles. The third-order valence-electron chi connectivity index (χ3n) is 5.19. The number of carbonyl (C=O) groups excluding carboxylic acids is 1. The lowest BCUT2D eigenvalue weighted by Crippen LogP contribution is -2.00. The molecule has 0 fully saturated rings. The zero-order chi connectivity index (χ0) is 17.2. The Bertz CT molecular complexity index is 902. The topological polar surface area (TPSA) is 17.1 Å². The zero-order valence-electron chi connectivity index (χ0n) is 14.6. The maximum atomic E-state index is 11.5. The van der Waals surface area contributed by atoms with Crippen LogP contribution in [0.25, 0.3) is 11.1 Å². The van der Waals surface area contributed by atoms with Gasteiger partial charge in [0, 0.05) is 5.56 Å². The molecule has 0 unspecified atom stereocenters.